The topological polar surface area (TPSA) is 3.24 Å². The van der Waals surface area contributed by atoms with E-state index in [-0.39, 0.29) is 0 Å². The number of halogens is 2. The molecule has 1 aliphatic rings. The number of hydrogen-bond acceptors (Lipinski definition) is 1. The van der Waals surface area contributed by atoms with Crippen LogP contribution in [0.1, 0.15) is 24.3 Å². The molecule has 1 aromatic rings. The van der Waals surface area contributed by atoms with Gasteiger partial charge in [-0.25, -0.2) is 8.78 Å². The maximum Gasteiger partial charge on any atom is 0.126 e. The minimum Gasteiger partial charge on any atom is -0.306 e. The molecule has 1 aliphatic heterocycles. The lowest BCUT2D eigenvalue weighted by Gasteiger charge is -2.29. The van der Waals surface area contributed by atoms with Crippen LogP contribution in [0.4, 0.5) is 8.78 Å². The van der Waals surface area contributed by atoms with Crippen molar-refractivity contribution in [3.8, 4) is 0 Å². The van der Waals surface area contributed by atoms with Gasteiger partial charge >= 0.3 is 0 Å². The standard InChI is InChI=1S/C12H15F2N/c1-15-4-2-9(3-5-15)10-6-11(13)8-12(14)7-10/h6-9H,2-5H2,1H3. The van der Waals surface area contributed by atoms with E-state index in [1.54, 1.807) is 0 Å². The van der Waals surface area contributed by atoms with Crippen LogP contribution in [0.15, 0.2) is 18.2 Å². The maximum atomic E-state index is 13.0. The van der Waals surface area contributed by atoms with E-state index in [2.05, 4.69) is 11.9 Å². The van der Waals surface area contributed by atoms with Crippen molar-refractivity contribution < 1.29 is 8.78 Å². The summed E-state index contributed by atoms with van der Waals surface area (Å²) in [5, 5.41) is 0. The SMILES string of the molecule is CN1CCC(c2cc(F)cc(F)c2)CC1. The van der Waals surface area contributed by atoms with Crippen molar-refractivity contribution in [2.75, 3.05) is 20.1 Å². The van der Waals surface area contributed by atoms with E-state index in [0.29, 0.717) is 5.92 Å². The molecule has 1 fully saturated rings. The van der Waals surface area contributed by atoms with Gasteiger partial charge in [0.05, 0.1) is 0 Å². The summed E-state index contributed by atoms with van der Waals surface area (Å²) in [6.07, 6.45) is 1.97. The highest BCUT2D eigenvalue weighted by Crippen LogP contribution is 2.28. The van der Waals surface area contributed by atoms with E-state index in [9.17, 15) is 8.78 Å². The second-order valence-electron chi connectivity index (χ2n) is 4.28. The molecule has 0 aromatic heterocycles. The molecule has 0 saturated carbocycles. The highest BCUT2D eigenvalue weighted by Gasteiger charge is 2.19. The van der Waals surface area contributed by atoms with E-state index >= 15 is 0 Å². The third kappa shape index (κ3) is 2.53. The van der Waals surface area contributed by atoms with Crippen molar-refractivity contribution in [2.24, 2.45) is 0 Å². The van der Waals surface area contributed by atoms with Crippen LogP contribution >= 0.6 is 0 Å². The van der Waals surface area contributed by atoms with E-state index in [0.717, 1.165) is 37.6 Å². The van der Waals surface area contributed by atoms with Crippen LogP contribution in [0, 0.1) is 11.6 Å². The van der Waals surface area contributed by atoms with E-state index < -0.39 is 11.6 Å². The van der Waals surface area contributed by atoms with Gasteiger partial charge in [-0.3, -0.25) is 0 Å². The Labute approximate surface area is 88.7 Å². The lowest BCUT2D eigenvalue weighted by atomic mass is 9.89. The molecule has 0 amide bonds. The first-order valence-electron chi connectivity index (χ1n) is 5.29. The second-order valence-corrected chi connectivity index (χ2v) is 4.28. The summed E-state index contributed by atoms with van der Waals surface area (Å²) in [4.78, 5) is 2.24. The molecule has 0 radical (unpaired) electrons. The van der Waals surface area contributed by atoms with Crippen LogP contribution in [-0.4, -0.2) is 25.0 Å². The van der Waals surface area contributed by atoms with Crippen LogP contribution in [0.3, 0.4) is 0 Å². The lowest BCUT2D eigenvalue weighted by Crippen LogP contribution is -2.29. The molecule has 1 saturated heterocycles. The molecule has 1 aromatic carbocycles. The van der Waals surface area contributed by atoms with Crippen molar-refractivity contribution >= 4 is 0 Å². The summed E-state index contributed by atoms with van der Waals surface area (Å²) in [6.45, 7) is 2.01. The molecule has 0 spiro atoms. The zero-order chi connectivity index (χ0) is 10.8. The van der Waals surface area contributed by atoms with E-state index in [1.807, 2.05) is 0 Å². The highest BCUT2D eigenvalue weighted by atomic mass is 19.1. The fourth-order valence-electron chi connectivity index (χ4n) is 2.15. The van der Waals surface area contributed by atoms with Crippen molar-refractivity contribution in [1.29, 1.82) is 0 Å². The normalized spacial score (nSPS) is 19.4. The van der Waals surface area contributed by atoms with Gasteiger partial charge in [0, 0.05) is 6.07 Å². The highest BCUT2D eigenvalue weighted by molar-refractivity contribution is 5.22. The molecule has 0 N–H and O–H groups in total. The Balaban J connectivity index is 2.15. The largest absolute Gasteiger partial charge is 0.306 e. The van der Waals surface area contributed by atoms with Gasteiger partial charge in [0.2, 0.25) is 0 Å². The molecule has 0 unspecified atom stereocenters. The van der Waals surface area contributed by atoms with Gasteiger partial charge in [-0.15, -0.1) is 0 Å². The Bertz CT molecular complexity index is 323. The Morgan fingerprint density at radius 2 is 1.60 bits per heavy atom. The molecule has 0 atom stereocenters. The number of nitrogens with zero attached hydrogens (tertiary/aromatic N) is 1. The number of benzene rings is 1. The van der Waals surface area contributed by atoms with Gasteiger partial charge in [-0.05, 0) is 56.6 Å². The summed E-state index contributed by atoms with van der Waals surface area (Å²) in [7, 11) is 2.07. The summed E-state index contributed by atoms with van der Waals surface area (Å²) >= 11 is 0. The third-order valence-corrected chi connectivity index (χ3v) is 3.07. The van der Waals surface area contributed by atoms with Gasteiger partial charge in [-0.1, -0.05) is 0 Å². The first-order valence-corrected chi connectivity index (χ1v) is 5.29. The van der Waals surface area contributed by atoms with E-state index in [4.69, 9.17) is 0 Å². The van der Waals surface area contributed by atoms with Crippen LogP contribution in [0.5, 0.6) is 0 Å². The Hall–Kier alpha value is -0.960. The van der Waals surface area contributed by atoms with Gasteiger partial charge in [-0.2, -0.15) is 0 Å². The molecule has 1 heterocycles. The monoisotopic (exact) mass is 211 g/mol. The van der Waals surface area contributed by atoms with Crippen LogP contribution in [0.2, 0.25) is 0 Å². The summed E-state index contributed by atoms with van der Waals surface area (Å²) in [5.41, 5.74) is 0.806. The number of likely N-dealkylation sites (tertiary alicyclic amines) is 1. The van der Waals surface area contributed by atoms with Gasteiger partial charge in [0.1, 0.15) is 11.6 Å². The molecule has 0 aliphatic carbocycles. The number of hydrogen-bond donors (Lipinski definition) is 0. The Kier molecular flexibility index (Phi) is 3.00. The van der Waals surface area contributed by atoms with Crippen LogP contribution in [0.25, 0.3) is 0 Å². The fraction of sp³-hybridized carbons (Fsp3) is 0.500. The molecule has 2 rings (SSSR count). The zero-order valence-electron chi connectivity index (χ0n) is 8.84. The van der Waals surface area contributed by atoms with Crippen LogP contribution in [-0.2, 0) is 0 Å². The minimum atomic E-state index is -0.469. The van der Waals surface area contributed by atoms with Gasteiger partial charge < -0.3 is 4.90 Å². The predicted molar refractivity (Wildman–Crippen MR) is 55.8 cm³/mol. The van der Waals surface area contributed by atoms with Crippen molar-refractivity contribution in [3.05, 3.63) is 35.4 Å². The quantitative estimate of drug-likeness (QED) is 0.690. The number of rotatable bonds is 1. The van der Waals surface area contributed by atoms with Crippen molar-refractivity contribution in [3.63, 3.8) is 0 Å². The Morgan fingerprint density at radius 1 is 1.07 bits per heavy atom. The van der Waals surface area contributed by atoms with Gasteiger partial charge in [0.25, 0.3) is 0 Å². The number of piperidine rings is 1. The van der Waals surface area contributed by atoms with Crippen LogP contribution < -0.4 is 0 Å². The molecule has 82 valence electrons. The van der Waals surface area contributed by atoms with Crippen molar-refractivity contribution in [1.82, 2.24) is 4.90 Å². The first kappa shape index (κ1) is 10.6. The fourth-order valence-corrected chi connectivity index (χ4v) is 2.15. The predicted octanol–water partition coefficient (Wildman–Crippen LogP) is 2.77. The maximum absolute atomic E-state index is 13.0. The molecule has 15 heavy (non-hydrogen) atoms. The van der Waals surface area contributed by atoms with Gasteiger partial charge in [0.15, 0.2) is 0 Å². The average Bonchev–Trinajstić information content (AvgIpc) is 2.17. The summed E-state index contributed by atoms with van der Waals surface area (Å²) < 4.78 is 26.0. The lowest BCUT2D eigenvalue weighted by molar-refractivity contribution is 0.255. The average molecular weight is 211 g/mol. The second kappa shape index (κ2) is 4.27. The smallest absolute Gasteiger partial charge is 0.126 e. The van der Waals surface area contributed by atoms with Crippen molar-refractivity contribution in [2.45, 2.75) is 18.8 Å². The summed E-state index contributed by atoms with van der Waals surface area (Å²) in [6, 6.07) is 3.84. The molecule has 3 heteroatoms. The molecule has 0 bridgehead atoms. The Morgan fingerprint density at radius 3 is 2.13 bits per heavy atom. The van der Waals surface area contributed by atoms with E-state index in [1.165, 1.54) is 12.1 Å². The minimum absolute atomic E-state index is 0.311. The molecular weight excluding hydrogens is 196 g/mol. The first-order chi connectivity index (χ1) is 7.15. The molecular formula is C12H15F2N. The molecule has 1 nitrogen and oxygen atoms in total. The zero-order valence-corrected chi connectivity index (χ0v) is 8.84. The third-order valence-electron chi connectivity index (χ3n) is 3.07. The summed E-state index contributed by atoms with van der Waals surface area (Å²) in [5.74, 6) is -0.626.